The molecule has 0 fully saturated rings. The maximum absolute atomic E-state index is 2.49. The lowest BCUT2D eigenvalue weighted by molar-refractivity contribution is 0.765. The molecule has 1 aliphatic rings. The van der Waals surface area contributed by atoms with Crippen LogP contribution < -0.4 is 0 Å². The number of hydrogen-bond acceptors (Lipinski definition) is 0. The van der Waals surface area contributed by atoms with Crippen LogP contribution in [0.4, 0.5) is 0 Å². The molecule has 4 aromatic carbocycles. The smallest absolute Gasteiger partial charge is 0.0713 e. The summed E-state index contributed by atoms with van der Waals surface area (Å²) in [5.74, 6) is 0. The molecule has 0 saturated carbocycles. The molecule has 4 aromatic rings. The van der Waals surface area contributed by atoms with Gasteiger partial charge in [0.2, 0.25) is 0 Å². The van der Waals surface area contributed by atoms with Crippen LogP contribution in [-0.4, -0.2) is 26.7 Å². The molecule has 0 radical (unpaired) electrons. The largest absolute Gasteiger partial charge is 0.109 e. The van der Waals surface area contributed by atoms with Crippen molar-refractivity contribution in [2.24, 2.45) is 0 Å². The van der Waals surface area contributed by atoms with E-state index >= 15 is 0 Å². The Balaban J connectivity index is 1.84. The summed E-state index contributed by atoms with van der Waals surface area (Å²) < 4.78 is 0. The first-order chi connectivity index (χ1) is 16.0. The predicted octanol–water partition coefficient (Wildman–Crippen LogP) is 8.53. The fourth-order valence-corrected chi connectivity index (χ4v) is 7.41. The van der Waals surface area contributed by atoms with Gasteiger partial charge in [-0.2, -0.15) is 0 Å². The molecule has 2 heteroatoms. The van der Waals surface area contributed by atoms with Gasteiger partial charge in [0, 0.05) is 0 Å². The Kier molecular flexibility index (Phi) is 6.26. The van der Waals surface area contributed by atoms with Crippen LogP contribution in [0, 0.1) is 0 Å². The highest BCUT2D eigenvalue weighted by Gasteiger charge is 2.45. The van der Waals surface area contributed by atoms with Gasteiger partial charge in [0.1, 0.15) is 0 Å². The molecule has 0 heterocycles. The highest BCUT2D eigenvalue weighted by atomic mass is 31.1. The van der Waals surface area contributed by atoms with Crippen molar-refractivity contribution in [3.8, 4) is 11.1 Å². The third kappa shape index (κ3) is 3.99. The van der Waals surface area contributed by atoms with Gasteiger partial charge in [0.05, 0.1) is 5.41 Å². The number of fused-ring (bicyclic) bond motifs is 3. The molecule has 0 spiro atoms. The lowest BCUT2D eigenvalue weighted by Crippen LogP contribution is -2.28. The summed E-state index contributed by atoms with van der Waals surface area (Å²) in [6.45, 7) is 9.48. The third-order valence-corrected chi connectivity index (χ3v) is 8.67. The number of hydrogen-bond donors (Lipinski definition) is 0. The fraction of sp³-hybridized carbons (Fsp3) is 0.226. The zero-order valence-corrected chi connectivity index (χ0v) is 21.8. The lowest BCUT2D eigenvalue weighted by Gasteiger charge is -2.34. The van der Waals surface area contributed by atoms with Crippen molar-refractivity contribution >= 4 is 15.8 Å². The Bertz CT molecular complexity index is 1180. The number of benzene rings is 4. The Hall–Kier alpha value is -2.26. The van der Waals surface area contributed by atoms with Gasteiger partial charge in [-0.1, -0.05) is 97.1 Å². The first-order valence-electron chi connectivity index (χ1n) is 11.7. The molecule has 0 nitrogen and oxygen atoms in total. The van der Waals surface area contributed by atoms with Gasteiger partial charge >= 0.3 is 0 Å². The molecule has 0 amide bonds. The molecule has 0 unspecified atom stereocenters. The summed E-state index contributed by atoms with van der Waals surface area (Å²) in [4.78, 5) is 0. The summed E-state index contributed by atoms with van der Waals surface area (Å²) in [6, 6.07) is 37.0. The summed E-state index contributed by atoms with van der Waals surface area (Å²) in [5, 5.41) is 0. The Morgan fingerprint density at radius 3 is 1.36 bits per heavy atom. The van der Waals surface area contributed by atoms with Crippen molar-refractivity contribution in [1.29, 1.82) is 0 Å². The van der Waals surface area contributed by atoms with Gasteiger partial charge in [-0.3, -0.25) is 0 Å². The predicted molar refractivity (Wildman–Crippen MR) is 149 cm³/mol. The second-order valence-electron chi connectivity index (χ2n) is 9.72. The fourth-order valence-electron chi connectivity index (χ4n) is 5.56. The van der Waals surface area contributed by atoms with Crippen LogP contribution in [0.3, 0.4) is 0 Å². The van der Waals surface area contributed by atoms with Gasteiger partial charge < -0.3 is 0 Å². The van der Waals surface area contributed by atoms with E-state index in [4.69, 9.17) is 0 Å². The van der Waals surface area contributed by atoms with Crippen LogP contribution in [0.2, 0.25) is 0 Å². The number of rotatable bonds is 6. The first kappa shape index (κ1) is 22.5. The average molecular weight is 467 g/mol. The van der Waals surface area contributed by atoms with Gasteiger partial charge in [0.15, 0.2) is 0 Å². The quantitative estimate of drug-likeness (QED) is 0.220. The van der Waals surface area contributed by atoms with E-state index in [-0.39, 0.29) is 21.3 Å². The SMILES string of the molecule is CP(C)Cc1cccc(C2(c3cccc(CP(C)C)c3)c3ccccc3-c3ccccc32)c1. The van der Waals surface area contributed by atoms with Crippen LogP contribution in [-0.2, 0) is 17.7 Å². The van der Waals surface area contributed by atoms with Gasteiger partial charge in [-0.25, -0.2) is 0 Å². The molecule has 0 bridgehead atoms. The third-order valence-electron chi connectivity index (χ3n) is 6.67. The van der Waals surface area contributed by atoms with E-state index in [0.29, 0.717) is 0 Å². The molecule has 0 N–H and O–H groups in total. The second kappa shape index (κ2) is 9.18. The normalized spacial score (nSPS) is 13.9. The van der Waals surface area contributed by atoms with Gasteiger partial charge in [-0.15, -0.1) is 15.8 Å². The van der Waals surface area contributed by atoms with Crippen LogP contribution in [0.5, 0.6) is 0 Å². The second-order valence-corrected chi connectivity index (χ2v) is 14.7. The molecule has 0 aromatic heterocycles. The van der Waals surface area contributed by atoms with Crippen molar-refractivity contribution in [2.75, 3.05) is 26.7 Å². The van der Waals surface area contributed by atoms with Crippen molar-refractivity contribution in [1.82, 2.24) is 0 Å². The lowest BCUT2D eigenvalue weighted by atomic mass is 9.67. The van der Waals surface area contributed by atoms with E-state index in [1.807, 2.05) is 0 Å². The van der Waals surface area contributed by atoms with Crippen LogP contribution in [0.15, 0.2) is 97.1 Å². The summed E-state index contributed by atoms with van der Waals surface area (Å²) in [7, 11) is 0.0193. The minimum Gasteiger partial charge on any atom is -0.109 e. The van der Waals surface area contributed by atoms with E-state index < -0.39 is 0 Å². The maximum Gasteiger partial charge on any atom is 0.0713 e. The maximum atomic E-state index is 2.49. The van der Waals surface area contributed by atoms with E-state index in [0.717, 1.165) is 0 Å². The van der Waals surface area contributed by atoms with E-state index in [1.165, 1.54) is 56.8 Å². The monoisotopic (exact) mass is 466 g/mol. The van der Waals surface area contributed by atoms with E-state index in [1.54, 1.807) is 0 Å². The van der Waals surface area contributed by atoms with Crippen molar-refractivity contribution < 1.29 is 0 Å². The molecule has 1 aliphatic carbocycles. The highest BCUT2D eigenvalue weighted by molar-refractivity contribution is 7.55. The molecule has 0 aliphatic heterocycles. The topological polar surface area (TPSA) is 0 Å². The zero-order chi connectivity index (χ0) is 23.0. The molecule has 166 valence electrons. The molecule has 0 saturated heterocycles. The highest BCUT2D eigenvalue weighted by Crippen LogP contribution is 2.56. The van der Waals surface area contributed by atoms with Crippen LogP contribution in [0.1, 0.15) is 33.4 Å². The minimum absolute atomic E-state index is 0.00966. The van der Waals surface area contributed by atoms with E-state index in [9.17, 15) is 0 Å². The molecular weight excluding hydrogens is 434 g/mol. The molecule has 5 rings (SSSR count). The Labute approximate surface area is 201 Å². The molecule has 33 heavy (non-hydrogen) atoms. The van der Waals surface area contributed by atoms with Crippen molar-refractivity contribution in [3.05, 3.63) is 130 Å². The summed E-state index contributed by atoms with van der Waals surface area (Å²) in [6.07, 6.45) is 2.33. The Morgan fingerprint density at radius 1 is 0.515 bits per heavy atom. The zero-order valence-electron chi connectivity index (χ0n) is 20.0. The summed E-state index contributed by atoms with van der Waals surface area (Å²) >= 11 is 0. The standard InChI is InChI=1S/C31H32P2/c1-32(2)21-23-11-9-13-25(19-23)31(26-14-10-12-24(20-26)22-33(3)4)29-17-7-5-15-27(29)28-16-6-8-18-30(28)31/h5-20H,21-22H2,1-4H3. The molecular formula is C31H32P2. The van der Waals surface area contributed by atoms with Crippen LogP contribution in [0.25, 0.3) is 11.1 Å². The van der Waals surface area contributed by atoms with Gasteiger partial charge in [-0.05, 0) is 83.5 Å². The minimum atomic E-state index is -0.284. The molecule has 0 atom stereocenters. The first-order valence-corrected chi connectivity index (χ1v) is 16.5. The van der Waals surface area contributed by atoms with Gasteiger partial charge in [0.25, 0.3) is 0 Å². The van der Waals surface area contributed by atoms with Crippen LogP contribution >= 0.6 is 15.8 Å². The van der Waals surface area contributed by atoms with Crippen molar-refractivity contribution in [3.63, 3.8) is 0 Å². The van der Waals surface area contributed by atoms with E-state index in [2.05, 4.69) is 124 Å². The Morgan fingerprint density at radius 2 is 0.939 bits per heavy atom. The van der Waals surface area contributed by atoms with Crippen molar-refractivity contribution in [2.45, 2.75) is 17.7 Å². The summed E-state index contributed by atoms with van der Waals surface area (Å²) in [5.41, 5.74) is 10.9. The average Bonchev–Trinajstić information content (AvgIpc) is 3.10.